The molecular formula is C14H18ClIN4. The van der Waals surface area contributed by atoms with E-state index in [-0.39, 0.29) is 6.04 Å². The molecule has 0 fully saturated rings. The average Bonchev–Trinajstić information content (AvgIpc) is 2.78. The molecule has 1 atom stereocenters. The van der Waals surface area contributed by atoms with Crippen molar-refractivity contribution >= 4 is 34.2 Å². The predicted octanol–water partition coefficient (Wildman–Crippen LogP) is 3.41. The first kappa shape index (κ1) is 15.8. The molecule has 0 aliphatic carbocycles. The Balaban J connectivity index is 2.52. The van der Waals surface area contributed by atoms with Gasteiger partial charge in [-0.05, 0) is 47.1 Å². The summed E-state index contributed by atoms with van der Waals surface area (Å²) in [6.45, 7) is 5.02. The lowest BCUT2D eigenvalue weighted by Gasteiger charge is -2.20. The van der Waals surface area contributed by atoms with Crippen LogP contribution in [-0.4, -0.2) is 9.78 Å². The molecule has 2 rings (SSSR count). The van der Waals surface area contributed by atoms with E-state index in [1.165, 1.54) is 9.13 Å². The summed E-state index contributed by atoms with van der Waals surface area (Å²) in [6, 6.07) is 6.03. The largest absolute Gasteiger partial charge is 0.271 e. The average molecular weight is 405 g/mol. The molecule has 0 saturated heterocycles. The first-order valence-electron chi connectivity index (χ1n) is 6.52. The fourth-order valence-electron chi connectivity index (χ4n) is 2.26. The number of aromatic nitrogens is 2. The zero-order valence-corrected chi connectivity index (χ0v) is 14.4. The molecule has 0 spiro atoms. The topological polar surface area (TPSA) is 55.9 Å². The van der Waals surface area contributed by atoms with Crippen molar-refractivity contribution in [1.29, 1.82) is 0 Å². The molecule has 4 nitrogen and oxygen atoms in total. The van der Waals surface area contributed by atoms with Crippen molar-refractivity contribution in [3.05, 3.63) is 49.8 Å². The Morgan fingerprint density at radius 1 is 1.50 bits per heavy atom. The number of nitrogens with one attached hydrogen (secondary N) is 1. The summed E-state index contributed by atoms with van der Waals surface area (Å²) in [5, 5.41) is 4.98. The van der Waals surface area contributed by atoms with Crippen LogP contribution >= 0.6 is 34.2 Å². The van der Waals surface area contributed by atoms with Crippen LogP contribution in [-0.2, 0) is 6.54 Å². The van der Waals surface area contributed by atoms with Crippen LogP contribution in [0.4, 0.5) is 0 Å². The molecule has 1 heterocycles. The standard InChI is InChI=1S/C14H18ClIN4/c1-3-7-20-14(11(15)8-18-20)13(19-17)10-6-4-5-9(2)12(10)16/h4-6,8,13,19H,3,7,17H2,1-2H3. The molecule has 0 bridgehead atoms. The number of benzene rings is 1. The quantitative estimate of drug-likeness (QED) is 0.456. The minimum atomic E-state index is -0.164. The van der Waals surface area contributed by atoms with Crippen LogP contribution in [0.2, 0.25) is 5.02 Å². The van der Waals surface area contributed by atoms with Gasteiger partial charge >= 0.3 is 0 Å². The fraction of sp³-hybridized carbons (Fsp3) is 0.357. The van der Waals surface area contributed by atoms with E-state index in [1.807, 2.05) is 10.7 Å². The number of hydrogen-bond donors (Lipinski definition) is 2. The molecular weight excluding hydrogens is 387 g/mol. The van der Waals surface area contributed by atoms with Crippen molar-refractivity contribution in [2.24, 2.45) is 5.84 Å². The number of hydrazine groups is 1. The molecule has 0 aliphatic rings. The van der Waals surface area contributed by atoms with Crippen molar-refractivity contribution in [3.63, 3.8) is 0 Å². The summed E-state index contributed by atoms with van der Waals surface area (Å²) in [7, 11) is 0. The summed E-state index contributed by atoms with van der Waals surface area (Å²) < 4.78 is 3.11. The molecule has 6 heteroatoms. The molecule has 0 aliphatic heterocycles. The predicted molar refractivity (Wildman–Crippen MR) is 90.6 cm³/mol. The second-order valence-corrected chi connectivity index (χ2v) is 6.16. The van der Waals surface area contributed by atoms with E-state index in [0.29, 0.717) is 5.02 Å². The summed E-state index contributed by atoms with van der Waals surface area (Å²) in [6.07, 6.45) is 2.67. The number of aryl methyl sites for hydroxylation is 2. The van der Waals surface area contributed by atoms with Crippen LogP contribution in [0.25, 0.3) is 0 Å². The third-order valence-corrected chi connectivity index (χ3v) is 5.01. The zero-order valence-electron chi connectivity index (χ0n) is 11.5. The highest BCUT2D eigenvalue weighted by Crippen LogP contribution is 2.31. The molecule has 2 aromatic rings. The van der Waals surface area contributed by atoms with Crippen LogP contribution in [0.1, 0.15) is 36.2 Å². The Bertz CT molecular complexity index is 597. The van der Waals surface area contributed by atoms with E-state index in [0.717, 1.165) is 24.2 Å². The second-order valence-electron chi connectivity index (χ2n) is 4.68. The van der Waals surface area contributed by atoms with Gasteiger partial charge in [0.05, 0.1) is 23.0 Å². The number of halogens is 2. The van der Waals surface area contributed by atoms with E-state index >= 15 is 0 Å². The molecule has 1 unspecified atom stereocenters. The third-order valence-electron chi connectivity index (χ3n) is 3.24. The smallest absolute Gasteiger partial charge is 0.0903 e. The lowest BCUT2D eigenvalue weighted by atomic mass is 10.0. The fourth-order valence-corrected chi connectivity index (χ4v) is 3.18. The van der Waals surface area contributed by atoms with Crippen molar-refractivity contribution in [2.45, 2.75) is 32.9 Å². The van der Waals surface area contributed by atoms with Gasteiger partial charge in [-0.1, -0.05) is 36.7 Å². The van der Waals surface area contributed by atoms with Crippen LogP contribution < -0.4 is 11.3 Å². The van der Waals surface area contributed by atoms with Crippen molar-refractivity contribution in [3.8, 4) is 0 Å². The van der Waals surface area contributed by atoms with E-state index in [9.17, 15) is 0 Å². The SMILES string of the molecule is CCCn1ncc(Cl)c1C(NN)c1cccc(C)c1I. The van der Waals surface area contributed by atoms with Gasteiger partial charge < -0.3 is 0 Å². The Kier molecular flexibility index (Phi) is 5.42. The molecule has 0 amide bonds. The lowest BCUT2D eigenvalue weighted by molar-refractivity contribution is 0.520. The van der Waals surface area contributed by atoms with Gasteiger partial charge in [0.15, 0.2) is 0 Å². The Hall–Kier alpha value is -0.630. The van der Waals surface area contributed by atoms with Gasteiger partial charge in [0.25, 0.3) is 0 Å². The summed E-state index contributed by atoms with van der Waals surface area (Å²) in [5.74, 6) is 5.80. The lowest BCUT2D eigenvalue weighted by Crippen LogP contribution is -2.31. The first-order valence-corrected chi connectivity index (χ1v) is 7.98. The van der Waals surface area contributed by atoms with Gasteiger partial charge in [-0.25, -0.2) is 5.43 Å². The van der Waals surface area contributed by atoms with E-state index in [2.05, 4.69) is 59.1 Å². The van der Waals surface area contributed by atoms with Gasteiger partial charge in [0.1, 0.15) is 0 Å². The van der Waals surface area contributed by atoms with E-state index in [4.69, 9.17) is 17.4 Å². The molecule has 3 N–H and O–H groups in total. The minimum Gasteiger partial charge on any atom is -0.271 e. The van der Waals surface area contributed by atoms with Crippen molar-refractivity contribution in [1.82, 2.24) is 15.2 Å². The number of nitrogens with zero attached hydrogens (tertiary/aromatic N) is 2. The molecule has 20 heavy (non-hydrogen) atoms. The second kappa shape index (κ2) is 6.89. The zero-order chi connectivity index (χ0) is 14.7. The monoisotopic (exact) mass is 404 g/mol. The molecule has 1 aromatic heterocycles. The Morgan fingerprint density at radius 2 is 2.25 bits per heavy atom. The van der Waals surface area contributed by atoms with Gasteiger partial charge in [-0.15, -0.1) is 0 Å². The highest BCUT2D eigenvalue weighted by molar-refractivity contribution is 14.1. The maximum atomic E-state index is 6.31. The normalized spacial score (nSPS) is 12.7. The van der Waals surface area contributed by atoms with Gasteiger partial charge in [0.2, 0.25) is 0 Å². The maximum absolute atomic E-state index is 6.31. The van der Waals surface area contributed by atoms with Gasteiger partial charge in [0, 0.05) is 10.1 Å². The maximum Gasteiger partial charge on any atom is 0.0903 e. The Labute approximate surface area is 137 Å². The summed E-state index contributed by atoms with van der Waals surface area (Å²) in [5.41, 5.74) is 6.14. The minimum absolute atomic E-state index is 0.164. The summed E-state index contributed by atoms with van der Waals surface area (Å²) >= 11 is 8.66. The van der Waals surface area contributed by atoms with Gasteiger partial charge in [-0.2, -0.15) is 5.10 Å². The molecule has 1 aromatic carbocycles. The highest BCUT2D eigenvalue weighted by atomic mass is 127. The van der Waals surface area contributed by atoms with Crippen LogP contribution in [0.15, 0.2) is 24.4 Å². The molecule has 0 radical (unpaired) electrons. The van der Waals surface area contributed by atoms with Crippen LogP contribution in [0.5, 0.6) is 0 Å². The van der Waals surface area contributed by atoms with Crippen LogP contribution in [0.3, 0.4) is 0 Å². The van der Waals surface area contributed by atoms with Crippen LogP contribution in [0, 0.1) is 10.5 Å². The number of hydrogen-bond acceptors (Lipinski definition) is 3. The van der Waals surface area contributed by atoms with Gasteiger partial charge in [-0.3, -0.25) is 10.5 Å². The first-order chi connectivity index (χ1) is 9.60. The molecule has 0 saturated carbocycles. The summed E-state index contributed by atoms with van der Waals surface area (Å²) in [4.78, 5) is 0. The number of rotatable bonds is 5. The van der Waals surface area contributed by atoms with Crippen molar-refractivity contribution < 1.29 is 0 Å². The van der Waals surface area contributed by atoms with E-state index in [1.54, 1.807) is 6.20 Å². The molecule has 108 valence electrons. The third kappa shape index (κ3) is 3.00. The highest BCUT2D eigenvalue weighted by Gasteiger charge is 2.23. The number of nitrogens with two attached hydrogens (primary N) is 1. The Morgan fingerprint density at radius 3 is 2.90 bits per heavy atom. The van der Waals surface area contributed by atoms with Crippen molar-refractivity contribution in [2.75, 3.05) is 0 Å². The van der Waals surface area contributed by atoms with E-state index < -0.39 is 0 Å².